The molecule has 4 nitrogen and oxygen atoms in total. The summed E-state index contributed by atoms with van der Waals surface area (Å²) in [6.07, 6.45) is -1.25. The first kappa shape index (κ1) is 20.5. The summed E-state index contributed by atoms with van der Waals surface area (Å²) in [4.78, 5) is 21.3. The second kappa shape index (κ2) is 8.18. The van der Waals surface area contributed by atoms with E-state index in [1.54, 1.807) is 30.5 Å². The highest BCUT2D eigenvalue weighted by Gasteiger charge is 2.30. The van der Waals surface area contributed by atoms with E-state index in [9.17, 15) is 18.0 Å². The largest absolute Gasteiger partial charge is 0.416 e. The number of nitrogens with zero attached hydrogens (tertiary/aromatic N) is 2. The number of carbonyl (C=O) groups excluding carboxylic acids is 1. The summed E-state index contributed by atoms with van der Waals surface area (Å²) in [5, 5.41) is 3.61. The molecule has 0 aliphatic rings. The van der Waals surface area contributed by atoms with Crippen molar-refractivity contribution in [2.24, 2.45) is 0 Å². The lowest BCUT2D eigenvalue weighted by Gasteiger charge is -2.14. The second-order valence-electron chi connectivity index (χ2n) is 7.13. The lowest BCUT2D eigenvalue weighted by molar-refractivity contribution is -0.137. The smallest absolute Gasteiger partial charge is 0.344 e. The highest BCUT2D eigenvalue weighted by molar-refractivity contribution is 6.00. The van der Waals surface area contributed by atoms with Gasteiger partial charge in [0.15, 0.2) is 0 Å². The second-order valence-corrected chi connectivity index (χ2v) is 7.13. The molecule has 0 saturated carbocycles. The van der Waals surface area contributed by atoms with Crippen LogP contribution in [0, 0.1) is 0 Å². The van der Waals surface area contributed by atoms with Gasteiger partial charge in [0.05, 0.1) is 28.4 Å². The number of amides is 1. The van der Waals surface area contributed by atoms with Crippen LogP contribution in [0.4, 0.5) is 13.2 Å². The number of carbonyl (C=O) groups is 1. The molecule has 0 aliphatic heterocycles. The number of hydrogen-bond acceptors (Lipinski definition) is 3. The van der Waals surface area contributed by atoms with Crippen LogP contribution in [-0.4, -0.2) is 15.9 Å². The van der Waals surface area contributed by atoms with Gasteiger partial charge in [-0.2, -0.15) is 13.2 Å². The summed E-state index contributed by atoms with van der Waals surface area (Å²) in [6.45, 7) is 1.84. The van der Waals surface area contributed by atoms with Crippen LogP contribution >= 0.6 is 0 Å². The van der Waals surface area contributed by atoms with Crippen molar-refractivity contribution >= 4 is 16.8 Å². The monoisotopic (exact) mass is 421 g/mol. The van der Waals surface area contributed by atoms with Gasteiger partial charge >= 0.3 is 6.18 Å². The quantitative estimate of drug-likeness (QED) is 0.453. The third kappa shape index (κ3) is 4.40. The standard InChI is InChI=1S/C24H18F3N3O/c1-15(21-7-2-3-12-28-21)30-23(31)18-13-17-5-4-6-20(22(17)29-14-18)16-8-10-19(11-9-16)24(25,26)27/h2-15H,1H3,(H,30,31). The maximum atomic E-state index is 12.8. The van der Waals surface area contributed by atoms with Crippen molar-refractivity contribution in [3.63, 3.8) is 0 Å². The van der Waals surface area contributed by atoms with Crippen LogP contribution in [0.3, 0.4) is 0 Å². The molecule has 156 valence electrons. The van der Waals surface area contributed by atoms with Crippen molar-refractivity contribution in [2.75, 3.05) is 0 Å². The van der Waals surface area contributed by atoms with E-state index < -0.39 is 11.7 Å². The summed E-state index contributed by atoms with van der Waals surface area (Å²) in [7, 11) is 0. The Balaban J connectivity index is 1.61. The average molecular weight is 421 g/mol. The van der Waals surface area contributed by atoms with Gasteiger partial charge in [-0.05, 0) is 42.8 Å². The number of nitrogens with one attached hydrogen (secondary N) is 1. The molecule has 4 aromatic rings. The van der Waals surface area contributed by atoms with Gasteiger partial charge in [-0.25, -0.2) is 0 Å². The molecule has 4 rings (SSSR count). The number of rotatable bonds is 4. The molecule has 1 atom stereocenters. The van der Waals surface area contributed by atoms with Gasteiger partial charge in [0.2, 0.25) is 0 Å². The number of benzene rings is 2. The van der Waals surface area contributed by atoms with Crippen molar-refractivity contribution in [3.8, 4) is 11.1 Å². The van der Waals surface area contributed by atoms with Crippen LogP contribution in [0.5, 0.6) is 0 Å². The molecule has 7 heteroatoms. The molecule has 0 aliphatic carbocycles. The van der Waals surface area contributed by atoms with E-state index >= 15 is 0 Å². The number of hydrogen-bond donors (Lipinski definition) is 1. The van der Waals surface area contributed by atoms with Crippen LogP contribution in [-0.2, 0) is 6.18 Å². The van der Waals surface area contributed by atoms with E-state index in [0.717, 1.165) is 23.2 Å². The molecule has 2 aromatic carbocycles. The molecule has 0 fully saturated rings. The highest BCUT2D eigenvalue weighted by Crippen LogP contribution is 2.33. The first-order valence-corrected chi connectivity index (χ1v) is 9.61. The Labute approximate surface area is 176 Å². The van der Waals surface area contributed by atoms with Crippen molar-refractivity contribution in [1.82, 2.24) is 15.3 Å². The number of pyridine rings is 2. The minimum atomic E-state index is -4.38. The maximum Gasteiger partial charge on any atom is 0.416 e. The molecule has 0 radical (unpaired) electrons. The minimum absolute atomic E-state index is 0.275. The van der Waals surface area contributed by atoms with Crippen LogP contribution in [0.2, 0.25) is 0 Å². The molecule has 1 amide bonds. The number of halogens is 3. The van der Waals surface area contributed by atoms with Crippen molar-refractivity contribution in [2.45, 2.75) is 19.1 Å². The number of alkyl halides is 3. The van der Waals surface area contributed by atoms with Gasteiger partial charge in [0, 0.05) is 23.3 Å². The van der Waals surface area contributed by atoms with Gasteiger partial charge in [-0.15, -0.1) is 0 Å². The van der Waals surface area contributed by atoms with E-state index in [0.29, 0.717) is 22.2 Å². The maximum absolute atomic E-state index is 12.8. The predicted molar refractivity (Wildman–Crippen MR) is 112 cm³/mol. The highest BCUT2D eigenvalue weighted by atomic mass is 19.4. The summed E-state index contributed by atoms with van der Waals surface area (Å²) >= 11 is 0. The first-order valence-electron chi connectivity index (χ1n) is 9.61. The summed E-state index contributed by atoms with van der Waals surface area (Å²) in [5.74, 6) is -0.285. The van der Waals surface area contributed by atoms with Crippen molar-refractivity contribution in [1.29, 1.82) is 0 Å². The zero-order chi connectivity index (χ0) is 22.0. The molecule has 0 saturated heterocycles. The Morgan fingerprint density at radius 2 is 1.74 bits per heavy atom. The molecule has 1 unspecified atom stereocenters. The van der Waals surface area contributed by atoms with Gasteiger partial charge < -0.3 is 5.32 Å². The topological polar surface area (TPSA) is 54.9 Å². The Morgan fingerprint density at radius 3 is 2.42 bits per heavy atom. The minimum Gasteiger partial charge on any atom is -0.344 e. The van der Waals surface area contributed by atoms with Crippen LogP contribution in [0.25, 0.3) is 22.0 Å². The van der Waals surface area contributed by atoms with Gasteiger partial charge in [-0.1, -0.05) is 36.4 Å². The van der Waals surface area contributed by atoms with Gasteiger partial charge in [-0.3, -0.25) is 14.8 Å². The fourth-order valence-corrected chi connectivity index (χ4v) is 3.34. The zero-order valence-electron chi connectivity index (χ0n) is 16.5. The Morgan fingerprint density at radius 1 is 0.968 bits per heavy atom. The van der Waals surface area contributed by atoms with Gasteiger partial charge in [0.1, 0.15) is 0 Å². The SMILES string of the molecule is CC(NC(=O)c1cnc2c(-c3ccc(C(F)(F)F)cc3)cccc2c1)c1ccccn1. The zero-order valence-corrected chi connectivity index (χ0v) is 16.5. The van der Waals surface area contributed by atoms with Crippen LogP contribution in [0.1, 0.15) is 34.6 Å². The Hall–Kier alpha value is -3.74. The predicted octanol–water partition coefficient (Wildman–Crippen LogP) is 5.81. The van der Waals surface area contributed by atoms with Gasteiger partial charge in [0.25, 0.3) is 5.91 Å². The fourth-order valence-electron chi connectivity index (χ4n) is 3.34. The van der Waals surface area contributed by atoms with E-state index in [1.807, 2.05) is 25.1 Å². The number of aromatic nitrogens is 2. The molecular weight excluding hydrogens is 403 g/mol. The van der Waals surface area contributed by atoms with Crippen LogP contribution in [0.15, 0.2) is 79.1 Å². The van der Waals surface area contributed by atoms with Crippen molar-refractivity contribution < 1.29 is 18.0 Å². The normalized spacial score (nSPS) is 12.5. The van der Waals surface area contributed by atoms with E-state index in [-0.39, 0.29) is 11.9 Å². The summed E-state index contributed by atoms with van der Waals surface area (Å²) in [5.41, 5.74) is 2.35. The summed E-state index contributed by atoms with van der Waals surface area (Å²) in [6, 6.07) is 17.3. The van der Waals surface area contributed by atoms with E-state index in [4.69, 9.17) is 0 Å². The lowest BCUT2D eigenvalue weighted by atomic mass is 10.00. The Kier molecular flexibility index (Phi) is 5.42. The fraction of sp³-hybridized carbons (Fsp3) is 0.125. The van der Waals surface area contributed by atoms with Crippen LogP contribution < -0.4 is 5.32 Å². The molecule has 2 heterocycles. The molecule has 0 spiro atoms. The lowest BCUT2D eigenvalue weighted by Crippen LogP contribution is -2.27. The molecule has 0 bridgehead atoms. The molecular formula is C24H18F3N3O. The Bertz CT molecular complexity index is 1220. The average Bonchev–Trinajstić information content (AvgIpc) is 2.78. The number of fused-ring (bicyclic) bond motifs is 1. The molecule has 31 heavy (non-hydrogen) atoms. The van der Waals surface area contributed by atoms with E-state index in [2.05, 4.69) is 15.3 Å². The number of para-hydroxylation sites is 1. The third-order valence-electron chi connectivity index (χ3n) is 4.98. The van der Waals surface area contributed by atoms with Crippen molar-refractivity contribution in [3.05, 3.63) is 95.9 Å². The molecule has 1 N–H and O–H groups in total. The summed E-state index contributed by atoms with van der Waals surface area (Å²) < 4.78 is 38.5. The van der Waals surface area contributed by atoms with E-state index in [1.165, 1.54) is 18.3 Å². The first-order chi connectivity index (χ1) is 14.8. The molecule has 2 aromatic heterocycles. The third-order valence-corrected chi connectivity index (χ3v) is 4.98.